The van der Waals surface area contributed by atoms with E-state index in [0.29, 0.717) is 23.0 Å². The number of likely N-dealkylation sites (tertiary alicyclic amines) is 1. The molecular formula is C17H22Cl2N2O2. The summed E-state index contributed by atoms with van der Waals surface area (Å²) in [6.07, 6.45) is 3.29. The lowest BCUT2D eigenvalue weighted by Crippen LogP contribution is -2.43. The van der Waals surface area contributed by atoms with Gasteiger partial charge in [-0.05, 0) is 49.6 Å². The van der Waals surface area contributed by atoms with Gasteiger partial charge in [0.1, 0.15) is 0 Å². The topological polar surface area (TPSA) is 43.8 Å². The van der Waals surface area contributed by atoms with E-state index < -0.39 is 6.10 Å². The van der Waals surface area contributed by atoms with Gasteiger partial charge in [0, 0.05) is 29.6 Å². The molecule has 1 aromatic carbocycles. The number of hydrogen-bond donors (Lipinski definition) is 1. The van der Waals surface area contributed by atoms with E-state index >= 15 is 0 Å². The predicted octanol–water partition coefficient (Wildman–Crippen LogP) is 2.90. The fraction of sp³-hybridized carbons (Fsp3) is 0.588. The van der Waals surface area contributed by atoms with Gasteiger partial charge in [-0.1, -0.05) is 23.2 Å². The van der Waals surface area contributed by atoms with Crippen LogP contribution in [0.1, 0.15) is 36.4 Å². The van der Waals surface area contributed by atoms with Crippen molar-refractivity contribution < 1.29 is 9.90 Å². The molecule has 0 unspecified atom stereocenters. The lowest BCUT2D eigenvalue weighted by molar-refractivity contribution is -0.134. The second-order valence-corrected chi connectivity index (χ2v) is 7.37. The van der Waals surface area contributed by atoms with Crippen molar-refractivity contribution in [1.29, 1.82) is 0 Å². The summed E-state index contributed by atoms with van der Waals surface area (Å²) in [5.74, 6) is 0.126. The molecule has 0 spiro atoms. The number of halogens is 2. The number of piperidine rings is 1. The van der Waals surface area contributed by atoms with E-state index in [-0.39, 0.29) is 11.9 Å². The largest absolute Gasteiger partial charge is 0.391 e. The summed E-state index contributed by atoms with van der Waals surface area (Å²) >= 11 is 12.4. The van der Waals surface area contributed by atoms with Crippen LogP contribution in [0.5, 0.6) is 0 Å². The van der Waals surface area contributed by atoms with Crippen LogP contribution < -0.4 is 0 Å². The van der Waals surface area contributed by atoms with Crippen LogP contribution in [0.3, 0.4) is 0 Å². The zero-order valence-corrected chi connectivity index (χ0v) is 14.8. The Morgan fingerprint density at radius 2 is 2.00 bits per heavy atom. The Labute approximate surface area is 147 Å². The van der Waals surface area contributed by atoms with Gasteiger partial charge in [-0.15, -0.1) is 0 Å². The quantitative estimate of drug-likeness (QED) is 0.905. The van der Waals surface area contributed by atoms with Crippen molar-refractivity contribution in [2.24, 2.45) is 0 Å². The van der Waals surface area contributed by atoms with Gasteiger partial charge in [0.25, 0.3) is 0 Å². The fourth-order valence-corrected chi connectivity index (χ4v) is 4.30. The number of carbonyl (C=O) groups is 1. The van der Waals surface area contributed by atoms with Crippen molar-refractivity contribution in [2.45, 2.75) is 37.8 Å². The summed E-state index contributed by atoms with van der Waals surface area (Å²) in [5, 5.41) is 11.6. The van der Waals surface area contributed by atoms with Gasteiger partial charge < -0.3 is 10.0 Å². The van der Waals surface area contributed by atoms with Gasteiger partial charge in [-0.3, -0.25) is 9.69 Å². The summed E-state index contributed by atoms with van der Waals surface area (Å²) in [4.78, 5) is 16.3. The first-order valence-electron chi connectivity index (χ1n) is 8.11. The predicted molar refractivity (Wildman–Crippen MR) is 92.0 cm³/mol. The minimum atomic E-state index is -0.569. The minimum absolute atomic E-state index is 0.126. The standard InChI is InChI=1S/C17H22Cl2N2O2/c1-20(10-16(23)21-5-3-2-4-6-21)17-13-7-11(18)8-14(19)12(13)9-15(17)22/h7-8,15,17,22H,2-6,9-10H2,1H3/t15-,17+/m0/s1. The molecule has 0 aromatic heterocycles. The third kappa shape index (κ3) is 3.50. The lowest BCUT2D eigenvalue weighted by Gasteiger charge is -2.32. The van der Waals surface area contributed by atoms with Gasteiger partial charge in [0.2, 0.25) is 5.91 Å². The molecule has 23 heavy (non-hydrogen) atoms. The molecule has 126 valence electrons. The molecule has 1 saturated heterocycles. The molecule has 1 N–H and O–H groups in total. The van der Waals surface area contributed by atoms with Crippen LogP contribution in [0, 0.1) is 0 Å². The molecule has 0 bridgehead atoms. The van der Waals surface area contributed by atoms with E-state index in [1.807, 2.05) is 22.9 Å². The Balaban J connectivity index is 1.75. The van der Waals surface area contributed by atoms with E-state index in [9.17, 15) is 9.90 Å². The average Bonchev–Trinajstić information content (AvgIpc) is 2.84. The molecule has 1 aliphatic carbocycles. The maximum Gasteiger partial charge on any atom is 0.236 e. The van der Waals surface area contributed by atoms with E-state index in [1.165, 1.54) is 6.42 Å². The van der Waals surface area contributed by atoms with E-state index in [0.717, 1.165) is 37.1 Å². The first-order valence-corrected chi connectivity index (χ1v) is 8.87. The van der Waals surface area contributed by atoms with Crippen LogP contribution >= 0.6 is 23.2 Å². The number of fused-ring (bicyclic) bond motifs is 1. The third-order valence-electron chi connectivity index (χ3n) is 4.86. The number of rotatable bonds is 3. The Hall–Kier alpha value is -0.810. The van der Waals surface area contributed by atoms with Crippen LogP contribution in [0.15, 0.2) is 12.1 Å². The lowest BCUT2D eigenvalue weighted by atomic mass is 10.1. The molecule has 1 aromatic rings. The summed E-state index contributed by atoms with van der Waals surface area (Å²) < 4.78 is 0. The smallest absolute Gasteiger partial charge is 0.236 e. The number of hydrogen-bond acceptors (Lipinski definition) is 3. The highest BCUT2D eigenvalue weighted by molar-refractivity contribution is 6.35. The summed E-state index contributed by atoms with van der Waals surface area (Å²) in [6.45, 7) is 1.98. The molecule has 1 fully saturated rings. The van der Waals surface area contributed by atoms with Crippen LogP contribution in [0.2, 0.25) is 10.0 Å². The highest BCUT2D eigenvalue weighted by Crippen LogP contribution is 2.40. The summed E-state index contributed by atoms with van der Waals surface area (Å²) in [7, 11) is 1.87. The number of aliphatic hydroxyl groups is 1. The van der Waals surface area contributed by atoms with Gasteiger partial charge in [-0.2, -0.15) is 0 Å². The van der Waals surface area contributed by atoms with Gasteiger partial charge in [0.05, 0.1) is 18.7 Å². The Bertz CT molecular complexity index is 603. The van der Waals surface area contributed by atoms with Crippen LogP contribution in [0.25, 0.3) is 0 Å². The maximum absolute atomic E-state index is 12.5. The molecule has 1 amide bonds. The van der Waals surface area contributed by atoms with Crippen molar-refractivity contribution in [3.05, 3.63) is 33.3 Å². The minimum Gasteiger partial charge on any atom is -0.391 e. The number of aliphatic hydroxyl groups excluding tert-OH is 1. The van der Waals surface area contributed by atoms with Crippen molar-refractivity contribution in [2.75, 3.05) is 26.7 Å². The fourth-order valence-electron chi connectivity index (χ4n) is 3.72. The summed E-state index contributed by atoms with van der Waals surface area (Å²) in [5.41, 5.74) is 1.87. The average molecular weight is 357 g/mol. The van der Waals surface area contributed by atoms with Crippen LogP contribution in [0.4, 0.5) is 0 Å². The number of amides is 1. The van der Waals surface area contributed by atoms with E-state index in [4.69, 9.17) is 23.2 Å². The number of likely N-dealkylation sites (N-methyl/N-ethyl adjacent to an activating group) is 1. The first kappa shape index (κ1) is 17.0. The second-order valence-electron chi connectivity index (χ2n) is 6.53. The monoisotopic (exact) mass is 356 g/mol. The normalized spacial score (nSPS) is 24.1. The molecule has 4 nitrogen and oxygen atoms in total. The van der Waals surface area contributed by atoms with Gasteiger partial charge >= 0.3 is 0 Å². The molecule has 1 aliphatic heterocycles. The van der Waals surface area contributed by atoms with Crippen LogP contribution in [-0.2, 0) is 11.2 Å². The van der Waals surface area contributed by atoms with E-state index in [2.05, 4.69) is 0 Å². The highest BCUT2D eigenvalue weighted by atomic mass is 35.5. The number of benzene rings is 1. The van der Waals surface area contributed by atoms with Gasteiger partial charge in [-0.25, -0.2) is 0 Å². The Kier molecular flexibility index (Phi) is 5.16. The Morgan fingerprint density at radius 3 is 2.70 bits per heavy atom. The van der Waals surface area contributed by atoms with Crippen molar-refractivity contribution in [3.8, 4) is 0 Å². The molecule has 1 heterocycles. The molecule has 2 atom stereocenters. The SMILES string of the molecule is CN(CC(=O)N1CCCCC1)[C@@H]1c2cc(Cl)cc(Cl)c2C[C@@H]1O. The zero-order valence-electron chi connectivity index (χ0n) is 13.3. The molecule has 2 aliphatic rings. The third-order valence-corrected chi connectivity index (χ3v) is 5.41. The van der Waals surface area contributed by atoms with Gasteiger partial charge in [0.15, 0.2) is 0 Å². The summed E-state index contributed by atoms with van der Waals surface area (Å²) in [6, 6.07) is 3.32. The Morgan fingerprint density at radius 1 is 1.30 bits per heavy atom. The second kappa shape index (κ2) is 6.98. The molecular weight excluding hydrogens is 335 g/mol. The van der Waals surface area contributed by atoms with Crippen molar-refractivity contribution >= 4 is 29.1 Å². The van der Waals surface area contributed by atoms with Crippen molar-refractivity contribution in [1.82, 2.24) is 9.80 Å². The molecule has 3 rings (SSSR count). The maximum atomic E-state index is 12.5. The first-order chi connectivity index (χ1) is 11.0. The molecule has 0 saturated carbocycles. The van der Waals surface area contributed by atoms with Crippen LogP contribution in [-0.4, -0.2) is 53.6 Å². The zero-order chi connectivity index (χ0) is 16.6. The number of nitrogens with zero attached hydrogens (tertiary/aromatic N) is 2. The molecule has 0 radical (unpaired) electrons. The number of carbonyl (C=O) groups excluding carboxylic acids is 1. The highest BCUT2D eigenvalue weighted by Gasteiger charge is 2.36. The van der Waals surface area contributed by atoms with E-state index in [1.54, 1.807) is 6.07 Å². The molecule has 6 heteroatoms. The van der Waals surface area contributed by atoms with Crippen molar-refractivity contribution in [3.63, 3.8) is 0 Å².